The molecule has 32 heavy (non-hydrogen) atoms. The van der Waals surface area contributed by atoms with Gasteiger partial charge in [-0.15, -0.1) is 0 Å². The molecule has 0 fully saturated rings. The molecule has 0 amide bonds. The highest BCUT2D eigenvalue weighted by atomic mass is 31.1. The molecule has 0 bridgehead atoms. The van der Waals surface area contributed by atoms with E-state index >= 15 is 0 Å². The zero-order chi connectivity index (χ0) is 21.6. The SMILES string of the molecule is c1ccc(CC2COC(Cc3ccccc3P(c3ccccc3)c3ccccc3)=N2)cc1. The van der Waals surface area contributed by atoms with Crippen LogP contribution in [0.2, 0.25) is 0 Å². The Hall–Kier alpha value is -3.22. The largest absolute Gasteiger partial charge is 0.478 e. The van der Waals surface area contributed by atoms with E-state index in [0.717, 1.165) is 18.7 Å². The van der Waals surface area contributed by atoms with Crippen molar-refractivity contribution in [1.29, 1.82) is 0 Å². The van der Waals surface area contributed by atoms with E-state index < -0.39 is 7.92 Å². The second kappa shape index (κ2) is 9.94. The summed E-state index contributed by atoms with van der Waals surface area (Å²) in [5, 5.41) is 4.09. The summed E-state index contributed by atoms with van der Waals surface area (Å²) in [7, 11) is -0.648. The smallest absolute Gasteiger partial charge is 0.188 e. The van der Waals surface area contributed by atoms with Crippen molar-refractivity contribution in [3.05, 3.63) is 126 Å². The molecule has 0 spiro atoms. The van der Waals surface area contributed by atoms with Gasteiger partial charge in [-0.25, -0.2) is 4.99 Å². The van der Waals surface area contributed by atoms with Crippen LogP contribution in [0.5, 0.6) is 0 Å². The normalized spacial score (nSPS) is 15.4. The molecule has 1 aliphatic rings. The first-order valence-corrected chi connectivity index (χ1v) is 12.4. The molecular formula is C29H26NOP. The van der Waals surface area contributed by atoms with Crippen LogP contribution in [0.15, 0.2) is 120 Å². The third-order valence-electron chi connectivity index (χ3n) is 5.69. The molecule has 2 nitrogen and oxygen atoms in total. The Morgan fingerprint density at radius 1 is 0.688 bits per heavy atom. The molecule has 1 unspecified atom stereocenters. The number of rotatable bonds is 7. The van der Waals surface area contributed by atoms with E-state index in [1.165, 1.54) is 27.0 Å². The molecule has 1 atom stereocenters. The average molecular weight is 436 g/mol. The number of hydrogen-bond acceptors (Lipinski definition) is 2. The van der Waals surface area contributed by atoms with E-state index in [0.29, 0.717) is 6.61 Å². The summed E-state index contributed by atoms with van der Waals surface area (Å²) in [5.74, 6) is 0.856. The topological polar surface area (TPSA) is 21.6 Å². The first-order valence-electron chi connectivity index (χ1n) is 11.1. The number of ether oxygens (including phenoxy) is 1. The molecule has 0 N–H and O–H groups in total. The van der Waals surface area contributed by atoms with Gasteiger partial charge in [-0.2, -0.15) is 0 Å². The molecule has 0 aliphatic carbocycles. The quantitative estimate of drug-likeness (QED) is 0.373. The molecule has 3 heteroatoms. The zero-order valence-corrected chi connectivity index (χ0v) is 18.9. The summed E-state index contributed by atoms with van der Waals surface area (Å²) >= 11 is 0. The van der Waals surface area contributed by atoms with Crippen molar-refractivity contribution in [1.82, 2.24) is 0 Å². The van der Waals surface area contributed by atoms with Crippen molar-refractivity contribution < 1.29 is 4.74 Å². The minimum atomic E-state index is -0.648. The molecule has 4 aromatic carbocycles. The van der Waals surface area contributed by atoms with Crippen molar-refractivity contribution in [2.24, 2.45) is 4.99 Å². The second-order valence-corrected chi connectivity index (χ2v) is 10.2. The Bertz CT molecular complexity index is 1140. The van der Waals surface area contributed by atoms with Gasteiger partial charge < -0.3 is 4.74 Å². The lowest BCUT2D eigenvalue weighted by atomic mass is 10.1. The highest BCUT2D eigenvalue weighted by Crippen LogP contribution is 2.34. The van der Waals surface area contributed by atoms with Gasteiger partial charge in [0.25, 0.3) is 0 Å². The zero-order valence-electron chi connectivity index (χ0n) is 18.0. The number of benzene rings is 4. The number of aliphatic imine (C=N–C) groups is 1. The Kier molecular flexibility index (Phi) is 6.42. The monoisotopic (exact) mass is 435 g/mol. The van der Waals surface area contributed by atoms with Crippen molar-refractivity contribution in [3.63, 3.8) is 0 Å². The van der Waals surface area contributed by atoms with Gasteiger partial charge >= 0.3 is 0 Å². The molecule has 1 aliphatic heterocycles. The van der Waals surface area contributed by atoms with Crippen LogP contribution >= 0.6 is 7.92 Å². The van der Waals surface area contributed by atoms with Crippen molar-refractivity contribution in [2.45, 2.75) is 18.9 Å². The predicted octanol–water partition coefficient (Wildman–Crippen LogP) is 5.03. The standard InChI is InChI=1S/C29H26NOP/c1-4-12-23(13-5-1)20-25-22-31-29(30-25)21-24-14-10-11-19-28(24)32(26-15-6-2-7-16-26)27-17-8-3-9-18-27/h1-19,25H,20-22H2. The van der Waals surface area contributed by atoms with E-state index in [9.17, 15) is 0 Å². The van der Waals surface area contributed by atoms with Gasteiger partial charge in [-0.3, -0.25) is 0 Å². The lowest BCUT2D eigenvalue weighted by Crippen LogP contribution is -2.24. The van der Waals surface area contributed by atoms with Gasteiger partial charge in [-0.05, 0) is 41.4 Å². The van der Waals surface area contributed by atoms with Gasteiger partial charge in [0.1, 0.15) is 6.61 Å². The summed E-state index contributed by atoms with van der Waals surface area (Å²) in [6.45, 7) is 0.665. The van der Waals surface area contributed by atoms with E-state index in [1.807, 2.05) is 0 Å². The van der Waals surface area contributed by atoms with E-state index in [4.69, 9.17) is 9.73 Å². The van der Waals surface area contributed by atoms with E-state index in [2.05, 4.69) is 115 Å². The number of hydrogen-bond donors (Lipinski definition) is 0. The van der Waals surface area contributed by atoms with Crippen molar-refractivity contribution >= 4 is 29.7 Å². The molecule has 158 valence electrons. The molecule has 0 aromatic heterocycles. The first kappa shape index (κ1) is 20.7. The Balaban J connectivity index is 1.44. The fraction of sp³-hybridized carbons (Fsp3) is 0.138. The summed E-state index contributed by atoms with van der Waals surface area (Å²) < 4.78 is 6.05. The molecule has 1 heterocycles. The Morgan fingerprint density at radius 3 is 1.91 bits per heavy atom. The van der Waals surface area contributed by atoms with Crippen LogP contribution in [-0.4, -0.2) is 18.5 Å². The van der Waals surface area contributed by atoms with E-state index in [1.54, 1.807) is 0 Å². The Labute approximate surface area is 191 Å². The summed E-state index contributed by atoms with van der Waals surface area (Å²) in [4.78, 5) is 4.93. The highest BCUT2D eigenvalue weighted by Gasteiger charge is 2.23. The molecule has 0 radical (unpaired) electrons. The molecular weight excluding hydrogens is 409 g/mol. The lowest BCUT2D eigenvalue weighted by molar-refractivity contribution is 0.311. The van der Waals surface area contributed by atoms with Gasteiger partial charge in [0.2, 0.25) is 0 Å². The van der Waals surface area contributed by atoms with Crippen molar-refractivity contribution in [2.75, 3.05) is 6.61 Å². The fourth-order valence-electron chi connectivity index (χ4n) is 4.18. The van der Waals surface area contributed by atoms with Gasteiger partial charge in [0.05, 0.1) is 6.04 Å². The number of nitrogens with zero attached hydrogens (tertiary/aromatic N) is 1. The maximum atomic E-state index is 6.05. The average Bonchev–Trinajstić information content (AvgIpc) is 3.29. The van der Waals surface area contributed by atoms with Gasteiger partial charge in [-0.1, -0.05) is 115 Å². The van der Waals surface area contributed by atoms with Crippen LogP contribution in [0.3, 0.4) is 0 Å². The maximum absolute atomic E-state index is 6.05. The van der Waals surface area contributed by atoms with Crippen LogP contribution in [-0.2, 0) is 17.6 Å². The van der Waals surface area contributed by atoms with Crippen LogP contribution in [0, 0.1) is 0 Å². The predicted molar refractivity (Wildman–Crippen MR) is 136 cm³/mol. The highest BCUT2D eigenvalue weighted by molar-refractivity contribution is 7.79. The maximum Gasteiger partial charge on any atom is 0.188 e. The summed E-state index contributed by atoms with van der Waals surface area (Å²) in [6, 6.07) is 41.2. The summed E-state index contributed by atoms with van der Waals surface area (Å²) in [5.41, 5.74) is 2.61. The minimum Gasteiger partial charge on any atom is -0.478 e. The van der Waals surface area contributed by atoms with Crippen LogP contribution in [0.25, 0.3) is 0 Å². The third kappa shape index (κ3) is 4.82. The lowest BCUT2D eigenvalue weighted by Gasteiger charge is -2.22. The molecule has 0 saturated heterocycles. The van der Waals surface area contributed by atoms with Gasteiger partial charge in [0, 0.05) is 6.42 Å². The van der Waals surface area contributed by atoms with Crippen LogP contribution in [0.4, 0.5) is 0 Å². The molecule has 5 rings (SSSR count). The molecule has 4 aromatic rings. The van der Waals surface area contributed by atoms with Gasteiger partial charge in [0.15, 0.2) is 5.90 Å². The first-order chi connectivity index (χ1) is 15.9. The molecule has 0 saturated carbocycles. The second-order valence-electron chi connectivity index (χ2n) is 7.99. The summed E-state index contributed by atoms with van der Waals surface area (Å²) in [6.07, 6.45) is 1.66. The third-order valence-corrected chi connectivity index (χ3v) is 8.23. The van der Waals surface area contributed by atoms with Crippen LogP contribution in [0.1, 0.15) is 11.1 Å². The van der Waals surface area contributed by atoms with E-state index in [-0.39, 0.29) is 6.04 Å². The fourth-order valence-corrected chi connectivity index (χ4v) is 6.65. The van der Waals surface area contributed by atoms with Crippen LogP contribution < -0.4 is 15.9 Å². The van der Waals surface area contributed by atoms with Crippen molar-refractivity contribution in [3.8, 4) is 0 Å². The Morgan fingerprint density at radius 2 is 1.25 bits per heavy atom. The minimum absolute atomic E-state index is 0.198.